The van der Waals surface area contributed by atoms with Gasteiger partial charge in [0, 0.05) is 47.8 Å². The summed E-state index contributed by atoms with van der Waals surface area (Å²) >= 11 is 3.51. The summed E-state index contributed by atoms with van der Waals surface area (Å²) in [4.78, 5) is 0. The number of aromatic nitrogens is 2. The molecular weight excluding hydrogens is 434 g/mol. The molecule has 0 saturated heterocycles. The number of hydrogen-bond acceptors (Lipinski definition) is 5. The van der Waals surface area contributed by atoms with Crippen molar-refractivity contribution in [2.45, 2.75) is 19.8 Å². The lowest BCUT2D eigenvalue weighted by Crippen LogP contribution is -2.04. The van der Waals surface area contributed by atoms with E-state index in [4.69, 9.17) is 19.7 Å². The zero-order chi connectivity index (χ0) is 20.4. The molecule has 1 heterocycles. The number of anilines is 2. The third-order valence-electron chi connectivity index (χ3n) is 4.88. The molecule has 152 valence electrons. The van der Waals surface area contributed by atoms with E-state index in [0.29, 0.717) is 25.4 Å². The zero-order valence-corrected chi connectivity index (χ0v) is 18.1. The first-order valence-corrected chi connectivity index (χ1v) is 10.5. The number of hydrogen-bond donors (Lipinski definition) is 2. The van der Waals surface area contributed by atoms with Crippen LogP contribution in [0.3, 0.4) is 0 Å². The van der Waals surface area contributed by atoms with Crippen LogP contribution in [-0.2, 0) is 13.5 Å². The fourth-order valence-electron chi connectivity index (χ4n) is 3.66. The fourth-order valence-corrected chi connectivity index (χ4v) is 4.06. The summed E-state index contributed by atoms with van der Waals surface area (Å²) in [7, 11) is 1.96. The molecule has 0 saturated carbocycles. The predicted molar refractivity (Wildman–Crippen MR) is 117 cm³/mol. The van der Waals surface area contributed by atoms with Crippen LogP contribution in [0.4, 0.5) is 11.5 Å². The molecule has 3 aromatic rings. The second-order valence-corrected chi connectivity index (χ2v) is 7.84. The Morgan fingerprint density at radius 1 is 1.21 bits per heavy atom. The number of nitrogens with zero attached hydrogens (tertiary/aromatic N) is 2. The normalized spacial score (nSPS) is 11.9. The van der Waals surface area contributed by atoms with E-state index in [-0.39, 0.29) is 6.61 Å². The fraction of sp³-hybridized carbons (Fsp3) is 0.318. The van der Waals surface area contributed by atoms with Gasteiger partial charge in [0.05, 0.1) is 18.9 Å². The molecule has 29 heavy (non-hydrogen) atoms. The molecule has 1 aliphatic carbocycles. The van der Waals surface area contributed by atoms with E-state index in [9.17, 15) is 0 Å². The van der Waals surface area contributed by atoms with Crippen LogP contribution >= 0.6 is 15.9 Å². The van der Waals surface area contributed by atoms with Crippen molar-refractivity contribution in [2.24, 2.45) is 7.05 Å². The van der Waals surface area contributed by atoms with Gasteiger partial charge in [0.25, 0.3) is 0 Å². The largest absolute Gasteiger partial charge is 0.490 e. The molecule has 7 heteroatoms. The van der Waals surface area contributed by atoms with E-state index in [0.717, 1.165) is 45.0 Å². The van der Waals surface area contributed by atoms with Gasteiger partial charge in [-0.3, -0.25) is 4.68 Å². The van der Waals surface area contributed by atoms with Crippen LogP contribution in [0.25, 0.3) is 11.3 Å². The molecule has 0 spiro atoms. The Balaban J connectivity index is 1.69. The van der Waals surface area contributed by atoms with Gasteiger partial charge in [0.2, 0.25) is 0 Å². The average molecular weight is 458 g/mol. The first-order chi connectivity index (χ1) is 14.1. The van der Waals surface area contributed by atoms with Gasteiger partial charge in [-0.05, 0) is 42.8 Å². The van der Waals surface area contributed by atoms with Gasteiger partial charge in [0.15, 0.2) is 17.3 Å². The van der Waals surface area contributed by atoms with Gasteiger partial charge in [-0.15, -0.1) is 0 Å². The number of aliphatic hydroxyl groups excluding tert-OH is 1. The number of benzene rings is 2. The van der Waals surface area contributed by atoms with Gasteiger partial charge in [-0.25, -0.2) is 0 Å². The number of aryl methyl sites for hydroxylation is 1. The molecule has 0 atom stereocenters. The highest BCUT2D eigenvalue weighted by Gasteiger charge is 2.28. The molecule has 0 aliphatic heterocycles. The maximum absolute atomic E-state index is 9.05. The van der Waals surface area contributed by atoms with Gasteiger partial charge in [-0.2, -0.15) is 5.10 Å². The second-order valence-electron chi connectivity index (χ2n) is 6.93. The molecule has 0 radical (unpaired) electrons. The summed E-state index contributed by atoms with van der Waals surface area (Å²) in [5.41, 5.74) is 5.55. The van der Waals surface area contributed by atoms with E-state index in [2.05, 4.69) is 27.3 Å². The lowest BCUT2D eigenvalue weighted by Gasteiger charge is -2.14. The zero-order valence-electron chi connectivity index (χ0n) is 16.5. The van der Waals surface area contributed by atoms with E-state index < -0.39 is 0 Å². The number of fused-ring (bicyclic) bond motifs is 3. The topological polar surface area (TPSA) is 68.5 Å². The molecular formula is C22H24BrN3O3. The van der Waals surface area contributed by atoms with Crippen LogP contribution in [0, 0.1) is 0 Å². The molecule has 1 aliphatic rings. The Labute approximate surface area is 178 Å². The molecule has 0 bridgehead atoms. The molecule has 0 fully saturated rings. The Morgan fingerprint density at radius 3 is 2.79 bits per heavy atom. The Bertz CT molecular complexity index is 1030. The van der Waals surface area contributed by atoms with Crippen molar-refractivity contribution in [3.63, 3.8) is 0 Å². The highest BCUT2D eigenvalue weighted by atomic mass is 79.9. The van der Waals surface area contributed by atoms with Gasteiger partial charge >= 0.3 is 0 Å². The van der Waals surface area contributed by atoms with Crippen molar-refractivity contribution in [2.75, 3.05) is 25.1 Å². The quantitative estimate of drug-likeness (QED) is 0.376. The first-order valence-electron chi connectivity index (χ1n) is 9.73. The lowest BCUT2D eigenvalue weighted by atomic mass is 10.1. The molecule has 2 N–H and O–H groups in total. The van der Waals surface area contributed by atoms with Crippen LogP contribution in [0.5, 0.6) is 11.5 Å². The van der Waals surface area contributed by atoms with E-state index >= 15 is 0 Å². The van der Waals surface area contributed by atoms with E-state index in [1.54, 1.807) is 0 Å². The number of aliphatic hydroxyl groups is 1. The number of halogens is 1. The monoisotopic (exact) mass is 457 g/mol. The molecule has 0 unspecified atom stereocenters. The standard InChI is InChI=1S/C22H24BrN3O3/c1-3-28-19-11-14-10-18-21(17(14)13-20(19)29-9-5-8-27)26(2)25-22(18)24-16-7-4-6-15(23)12-16/h4,6-7,11-13,27H,3,5,8-10H2,1-2H3,(H,24,25). The summed E-state index contributed by atoms with van der Waals surface area (Å²) < 4.78 is 14.6. The van der Waals surface area contributed by atoms with E-state index in [1.807, 2.05) is 49.0 Å². The summed E-state index contributed by atoms with van der Waals surface area (Å²) in [6.45, 7) is 3.08. The molecule has 1 aromatic heterocycles. The highest BCUT2D eigenvalue weighted by molar-refractivity contribution is 9.10. The van der Waals surface area contributed by atoms with Crippen molar-refractivity contribution in [3.05, 3.63) is 52.0 Å². The number of nitrogens with one attached hydrogen (secondary N) is 1. The third-order valence-corrected chi connectivity index (χ3v) is 5.38. The van der Waals surface area contributed by atoms with Gasteiger partial charge < -0.3 is 19.9 Å². The highest BCUT2D eigenvalue weighted by Crippen LogP contribution is 2.45. The van der Waals surface area contributed by atoms with Crippen LogP contribution in [-0.4, -0.2) is 34.7 Å². The summed E-state index contributed by atoms with van der Waals surface area (Å²) in [5, 5.41) is 17.2. The maximum Gasteiger partial charge on any atom is 0.161 e. The average Bonchev–Trinajstić information content (AvgIpc) is 3.20. The predicted octanol–water partition coefficient (Wildman–Crippen LogP) is 4.66. The van der Waals surface area contributed by atoms with Gasteiger partial charge in [0.1, 0.15) is 0 Å². The Kier molecular flexibility index (Phi) is 5.78. The maximum atomic E-state index is 9.05. The summed E-state index contributed by atoms with van der Waals surface area (Å²) in [6.07, 6.45) is 1.37. The molecule has 6 nitrogen and oxygen atoms in total. The van der Waals surface area contributed by atoms with Crippen molar-refractivity contribution in [3.8, 4) is 22.8 Å². The minimum Gasteiger partial charge on any atom is -0.490 e. The Morgan fingerprint density at radius 2 is 2.03 bits per heavy atom. The minimum absolute atomic E-state index is 0.103. The Hall–Kier alpha value is -2.51. The van der Waals surface area contributed by atoms with Crippen molar-refractivity contribution < 1.29 is 14.6 Å². The second kappa shape index (κ2) is 8.47. The minimum atomic E-state index is 0.103. The summed E-state index contributed by atoms with van der Waals surface area (Å²) in [5.74, 6) is 2.30. The summed E-state index contributed by atoms with van der Waals surface area (Å²) in [6, 6.07) is 12.1. The van der Waals surface area contributed by atoms with Crippen LogP contribution in [0.2, 0.25) is 0 Å². The van der Waals surface area contributed by atoms with Crippen LogP contribution in [0.15, 0.2) is 40.9 Å². The SMILES string of the molecule is CCOc1cc2c(cc1OCCCO)-c1c(c(Nc3cccc(Br)c3)nn1C)C2. The molecule has 0 amide bonds. The molecule has 2 aromatic carbocycles. The number of ether oxygens (including phenoxy) is 2. The van der Waals surface area contributed by atoms with Crippen LogP contribution in [0.1, 0.15) is 24.5 Å². The number of rotatable bonds is 8. The molecule has 4 rings (SSSR count). The van der Waals surface area contributed by atoms with Crippen molar-refractivity contribution >= 4 is 27.4 Å². The van der Waals surface area contributed by atoms with Crippen molar-refractivity contribution in [1.82, 2.24) is 9.78 Å². The van der Waals surface area contributed by atoms with Crippen molar-refractivity contribution in [1.29, 1.82) is 0 Å². The third kappa shape index (κ3) is 3.97. The lowest BCUT2D eigenvalue weighted by molar-refractivity contribution is 0.225. The van der Waals surface area contributed by atoms with Crippen LogP contribution < -0.4 is 14.8 Å². The van der Waals surface area contributed by atoms with E-state index in [1.165, 1.54) is 5.56 Å². The first kappa shape index (κ1) is 19.8. The van der Waals surface area contributed by atoms with Gasteiger partial charge in [-0.1, -0.05) is 22.0 Å². The smallest absolute Gasteiger partial charge is 0.161 e.